The van der Waals surface area contributed by atoms with Gasteiger partial charge in [-0.15, -0.1) is 0 Å². The summed E-state index contributed by atoms with van der Waals surface area (Å²) in [6.45, 7) is 7.14. The lowest BCUT2D eigenvalue weighted by Crippen LogP contribution is -2.40. The number of imidazole rings is 1. The fourth-order valence-electron chi connectivity index (χ4n) is 4.28. The van der Waals surface area contributed by atoms with E-state index in [4.69, 9.17) is 28.7 Å². The molecule has 0 bridgehead atoms. The monoisotopic (exact) mass is 506 g/mol. The summed E-state index contributed by atoms with van der Waals surface area (Å²) in [7, 11) is 0. The van der Waals surface area contributed by atoms with Crippen molar-refractivity contribution in [1.29, 1.82) is 0 Å². The second-order valence-electron chi connectivity index (χ2n) is 8.45. The van der Waals surface area contributed by atoms with Crippen LogP contribution in [0.15, 0.2) is 6.33 Å². The largest absolute Gasteiger partial charge is 0.463 e. The lowest BCUT2D eigenvalue weighted by molar-refractivity contribution is -0.166. The first kappa shape index (κ1) is 25.6. The summed E-state index contributed by atoms with van der Waals surface area (Å²) in [5, 5.41) is 6.52. The van der Waals surface area contributed by atoms with Gasteiger partial charge in [-0.25, -0.2) is 15.0 Å². The van der Waals surface area contributed by atoms with Crippen molar-refractivity contribution < 1.29 is 38.1 Å². The Morgan fingerprint density at radius 3 is 2.50 bits per heavy atom. The van der Waals surface area contributed by atoms with Crippen molar-refractivity contribution in [3.05, 3.63) is 6.33 Å². The average molecular weight is 507 g/mol. The highest BCUT2D eigenvalue weighted by Crippen LogP contribution is 2.39. The molecule has 4 heterocycles. The van der Waals surface area contributed by atoms with E-state index in [1.54, 1.807) is 4.57 Å². The van der Waals surface area contributed by atoms with Gasteiger partial charge in [0.05, 0.1) is 12.6 Å². The highest BCUT2D eigenvalue weighted by Gasteiger charge is 2.51. The van der Waals surface area contributed by atoms with Crippen LogP contribution < -0.4 is 10.6 Å². The van der Waals surface area contributed by atoms with Crippen molar-refractivity contribution in [1.82, 2.24) is 19.5 Å². The summed E-state index contributed by atoms with van der Waals surface area (Å²) in [4.78, 5) is 48.9. The summed E-state index contributed by atoms with van der Waals surface area (Å²) in [5.41, 5.74) is 0.872. The highest BCUT2D eigenvalue weighted by atomic mass is 16.7. The van der Waals surface area contributed by atoms with E-state index in [9.17, 15) is 14.4 Å². The molecular weight excluding hydrogens is 476 g/mol. The Kier molecular flexibility index (Phi) is 7.84. The Bertz CT molecular complexity index is 1120. The zero-order valence-corrected chi connectivity index (χ0v) is 20.6. The molecule has 0 aromatic carbocycles. The molecule has 196 valence electrons. The van der Waals surface area contributed by atoms with Gasteiger partial charge in [-0.1, -0.05) is 0 Å². The second kappa shape index (κ2) is 11.0. The van der Waals surface area contributed by atoms with E-state index >= 15 is 0 Å². The predicted octanol–water partition coefficient (Wildman–Crippen LogP) is 0.783. The molecule has 2 aliphatic rings. The molecule has 0 spiro atoms. The molecule has 2 saturated heterocycles. The Balaban J connectivity index is 1.78. The number of rotatable bonds is 9. The smallest absolute Gasteiger partial charge is 0.303 e. The lowest BCUT2D eigenvalue weighted by Gasteiger charge is -2.24. The van der Waals surface area contributed by atoms with E-state index in [0.29, 0.717) is 42.7 Å². The number of hydrogen-bond acceptors (Lipinski definition) is 13. The van der Waals surface area contributed by atoms with Gasteiger partial charge in [-0.3, -0.25) is 19.0 Å². The number of anilines is 2. The topological polar surface area (TPSA) is 165 Å². The van der Waals surface area contributed by atoms with Crippen molar-refractivity contribution >= 4 is 40.8 Å². The van der Waals surface area contributed by atoms with Crippen molar-refractivity contribution in [3.63, 3.8) is 0 Å². The number of nitrogens with zero attached hydrogens (tertiary/aromatic N) is 4. The first-order valence-corrected chi connectivity index (χ1v) is 11.7. The molecule has 0 saturated carbocycles. The third-order valence-electron chi connectivity index (χ3n) is 5.68. The van der Waals surface area contributed by atoms with Crippen LogP contribution in [-0.2, 0) is 38.1 Å². The maximum atomic E-state index is 12.0. The first-order chi connectivity index (χ1) is 17.3. The van der Waals surface area contributed by atoms with Crippen LogP contribution in [0.3, 0.4) is 0 Å². The first-order valence-electron chi connectivity index (χ1n) is 11.7. The van der Waals surface area contributed by atoms with Crippen LogP contribution in [0.5, 0.6) is 0 Å². The van der Waals surface area contributed by atoms with Gasteiger partial charge in [-0.2, -0.15) is 0 Å². The van der Waals surface area contributed by atoms with Gasteiger partial charge >= 0.3 is 17.9 Å². The zero-order valence-electron chi connectivity index (χ0n) is 20.6. The normalized spacial score (nSPS) is 25.5. The van der Waals surface area contributed by atoms with Crippen molar-refractivity contribution in [2.75, 3.05) is 37.0 Å². The third-order valence-corrected chi connectivity index (χ3v) is 5.68. The minimum Gasteiger partial charge on any atom is -0.463 e. The summed E-state index contributed by atoms with van der Waals surface area (Å²) in [6, 6.07) is 0.0776. The SMILES string of the molecule is CCNc1nc2c(NC3CCOC3)ncnc2n1C1OC(COC(C)=O)[C@@H](OC(C)=O)[C@H]1OC(C)=O. The molecule has 0 radical (unpaired) electrons. The number of hydrogen-bond donors (Lipinski definition) is 2. The lowest BCUT2D eigenvalue weighted by atomic mass is 10.1. The van der Waals surface area contributed by atoms with Crippen LogP contribution in [0.4, 0.5) is 11.8 Å². The van der Waals surface area contributed by atoms with Crippen LogP contribution in [-0.4, -0.2) is 88.1 Å². The fourth-order valence-corrected chi connectivity index (χ4v) is 4.28. The number of ether oxygens (including phenoxy) is 5. The molecule has 4 rings (SSSR count). The summed E-state index contributed by atoms with van der Waals surface area (Å²) < 4.78 is 29.5. The van der Waals surface area contributed by atoms with E-state index in [1.807, 2.05) is 6.92 Å². The van der Waals surface area contributed by atoms with Crippen LogP contribution in [0.25, 0.3) is 11.2 Å². The minimum absolute atomic E-state index is 0.0776. The third kappa shape index (κ3) is 5.49. The van der Waals surface area contributed by atoms with Crippen LogP contribution in [0.1, 0.15) is 40.3 Å². The molecule has 2 aliphatic heterocycles. The molecule has 0 aliphatic carbocycles. The van der Waals surface area contributed by atoms with Crippen molar-refractivity contribution in [2.24, 2.45) is 0 Å². The molecule has 3 unspecified atom stereocenters. The van der Waals surface area contributed by atoms with Gasteiger partial charge < -0.3 is 34.3 Å². The van der Waals surface area contributed by atoms with Gasteiger partial charge in [0.25, 0.3) is 0 Å². The van der Waals surface area contributed by atoms with Crippen LogP contribution in [0.2, 0.25) is 0 Å². The number of carbonyl (C=O) groups is 3. The molecule has 14 heteroatoms. The minimum atomic E-state index is -1.07. The Labute approximate surface area is 207 Å². The predicted molar refractivity (Wildman–Crippen MR) is 124 cm³/mol. The molecule has 2 aromatic heterocycles. The number of fused-ring (bicyclic) bond motifs is 1. The van der Waals surface area contributed by atoms with Crippen molar-refractivity contribution in [3.8, 4) is 0 Å². The van der Waals surface area contributed by atoms with Gasteiger partial charge in [0.1, 0.15) is 19.0 Å². The van der Waals surface area contributed by atoms with Gasteiger partial charge in [-0.05, 0) is 13.3 Å². The maximum absolute atomic E-state index is 12.0. The quantitative estimate of drug-likeness (QED) is 0.362. The molecule has 36 heavy (non-hydrogen) atoms. The van der Waals surface area contributed by atoms with E-state index in [2.05, 4.69) is 20.6 Å². The molecule has 5 atom stereocenters. The Morgan fingerprint density at radius 2 is 1.86 bits per heavy atom. The summed E-state index contributed by atoms with van der Waals surface area (Å²) in [6.07, 6.45) is -1.81. The number of nitrogens with one attached hydrogen (secondary N) is 2. The van der Waals surface area contributed by atoms with E-state index in [1.165, 1.54) is 27.1 Å². The number of esters is 3. The molecule has 14 nitrogen and oxygen atoms in total. The number of carbonyl (C=O) groups excluding carboxylic acids is 3. The molecular formula is C22H30N6O8. The highest BCUT2D eigenvalue weighted by molar-refractivity contribution is 5.85. The summed E-state index contributed by atoms with van der Waals surface area (Å²) >= 11 is 0. The Hall–Kier alpha value is -3.52. The fraction of sp³-hybridized carbons (Fsp3) is 0.636. The molecule has 2 aromatic rings. The molecule has 0 amide bonds. The van der Waals surface area contributed by atoms with Crippen LogP contribution in [0, 0.1) is 0 Å². The molecule has 2 fully saturated rings. The van der Waals surface area contributed by atoms with Crippen LogP contribution >= 0.6 is 0 Å². The van der Waals surface area contributed by atoms with Gasteiger partial charge in [0.2, 0.25) is 5.95 Å². The standard InChI is InChI=1S/C22H30N6O8/c1-5-23-22-27-16-19(26-14-6-7-32-8-14)24-10-25-20(16)28(22)21-18(35-13(4)31)17(34-12(3)30)15(36-21)9-33-11(2)29/h10,14-15,17-18,21H,5-9H2,1-4H3,(H,23,27)(H,24,25,26)/t14?,15?,17-,18-,21?/m1/s1. The summed E-state index contributed by atoms with van der Waals surface area (Å²) in [5.74, 6) is -0.844. The maximum Gasteiger partial charge on any atom is 0.303 e. The average Bonchev–Trinajstić information content (AvgIpc) is 3.52. The van der Waals surface area contributed by atoms with E-state index in [-0.39, 0.29) is 12.6 Å². The molecule has 2 N–H and O–H groups in total. The zero-order chi connectivity index (χ0) is 25.8. The van der Waals surface area contributed by atoms with Gasteiger partial charge in [0, 0.05) is 33.9 Å². The Morgan fingerprint density at radius 1 is 1.11 bits per heavy atom. The van der Waals surface area contributed by atoms with Gasteiger partial charge in [0.15, 0.2) is 35.4 Å². The van der Waals surface area contributed by atoms with E-state index < -0.39 is 42.4 Å². The second-order valence-corrected chi connectivity index (χ2v) is 8.45. The van der Waals surface area contributed by atoms with E-state index in [0.717, 1.165) is 6.42 Å². The van der Waals surface area contributed by atoms with Crippen molar-refractivity contribution in [2.45, 2.75) is 64.7 Å². The number of aromatic nitrogens is 4.